The Morgan fingerprint density at radius 2 is 2.05 bits per heavy atom. The van der Waals surface area contributed by atoms with Gasteiger partial charge in [0.1, 0.15) is 5.69 Å². The van der Waals surface area contributed by atoms with Crippen molar-refractivity contribution in [2.75, 3.05) is 6.54 Å². The Morgan fingerprint density at radius 3 is 2.59 bits per heavy atom. The lowest BCUT2D eigenvalue weighted by Crippen LogP contribution is -2.43. The number of H-pyrrole nitrogens is 1. The molecule has 116 valence electrons. The molecule has 5 heteroatoms. The van der Waals surface area contributed by atoms with Crippen LogP contribution < -0.4 is 11.0 Å². The maximum atomic E-state index is 12.2. The number of aryl methyl sites for hydroxylation is 1. The summed E-state index contributed by atoms with van der Waals surface area (Å²) in [5.74, 6) is -0.211. The molecule has 1 heterocycles. The van der Waals surface area contributed by atoms with Crippen LogP contribution in [-0.4, -0.2) is 22.0 Å². The van der Waals surface area contributed by atoms with E-state index in [-0.39, 0.29) is 17.0 Å². The molecule has 0 unspecified atom stereocenters. The van der Waals surface area contributed by atoms with Gasteiger partial charge in [-0.05, 0) is 30.2 Å². The lowest BCUT2D eigenvalue weighted by molar-refractivity contribution is 0.0855. The predicted octanol–water partition coefficient (Wildman–Crippen LogP) is 1.86. The number of amides is 1. The molecule has 5 nitrogen and oxygen atoms in total. The maximum absolute atomic E-state index is 12.2. The van der Waals surface area contributed by atoms with Gasteiger partial charge in [-0.3, -0.25) is 4.79 Å². The second-order valence-electron chi connectivity index (χ2n) is 6.28. The fraction of sp³-hybridized carbons (Fsp3) is 0.412. The molecule has 1 aromatic carbocycles. The molecule has 0 aliphatic heterocycles. The first-order valence-electron chi connectivity index (χ1n) is 7.66. The molecular weight excluding hydrogens is 278 g/mol. The highest BCUT2D eigenvalue weighted by molar-refractivity contribution is 5.92. The van der Waals surface area contributed by atoms with Gasteiger partial charge in [-0.2, -0.15) is 0 Å². The molecule has 1 aliphatic rings. The maximum Gasteiger partial charge on any atom is 0.325 e. The normalized spacial score (nSPS) is 16.0. The molecule has 0 spiro atoms. The van der Waals surface area contributed by atoms with Crippen LogP contribution in [0.25, 0.3) is 0 Å². The van der Waals surface area contributed by atoms with Crippen molar-refractivity contribution >= 4 is 5.91 Å². The van der Waals surface area contributed by atoms with Gasteiger partial charge in [0.05, 0.1) is 0 Å². The van der Waals surface area contributed by atoms with Gasteiger partial charge in [0.15, 0.2) is 0 Å². The van der Waals surface area contributed by atoms with Crippen molar-refractivity contribution < 1.29 is 4.79 Å². The van der Waals surface area contributed by atoms with E-state index in [4.69, 9.17) is 0 Å². The standard InChI is InChI=1S/C17H21N3O2/c1-20-11-14(19-16(20)22)15(21)18-12-17(8-5-9-17)10-13-6-3-2-4-7-13/h2-4,6-7,11H,5,8-10,12H2,1H3,(H,18,21)(H,19,22). The summed E-state index contributed by atoms with van der Waals surface area (Å²) in [7, 11) is 1.62. The first-order valence-corrected chi connectivity index (χ1v) is 7.66. The average Bonchev–Trinajstić information content (AvgIpc) is 2.82. The van der Waals surface area contributed by atoms with Crippen LogP contribution in [0.2, 0.25) is 0 Å². The summed E-state index contributed by atoms with van der Waals surface area (Å²) in [4.78, 5) is 26.1. The number of carbonyl (C=O) groups excluding carboxylic acids is 1. The third-order valence-corrected chi connectivity index (χ3v) is 4.59. The fourth-order valence-corrected chi connectivity index (χ4v) is 3.09. The quantitative estimate of drug-likeness (QED) is 0.885. The van der Waals surface area contributed by atoms with E-state index in [2.05, 4.69) is 34.6 Å². The van der Waals surface area contributed by atoms with Gasteiger partial charge in [-0.25, -0.2) is 4.79 Å². The van der Waals surface area contributed by atoms with Crippen LogP contribution in [0, 0.1) is 5.41 Å². The predicted molar refractivity (Wildman–Crippen MR) is 84.8 cm³/mol. The molecule has 0 bridgehead atoms. The Labute approximate surface area is 129 Å². The van der Waals surface area contributed by atoms with Crippen molar-refractivity contribution in [1.82, 2.24) is 14.9 Å². The molecule has 1 amide bonds. The van der Waals surface area contributed by atoms with Crippen molar-refractivity contribution in [2.45, 2.75) is 25.7 Å². The number of hydrogen-bond acceptors (Lipinski definition) is 2. The largest absolute Gasteiger partial charge is 0.350 e. The summed E-state index contributed by atoms with van der Waals surface area (Å²) in [5, 5.41) is 2.98. The first-order chi connectivity index (χ1) is 10.6. The van der Waals surface area contributed by atoms with Crippen molar-refractivity contribution in [2.24, 2.45) is 12.5 Å². The fourth-order valence-electron chi connectivity index (χ4n) is 3.09. The summed E-state index contributed by atoms with van der Waals surface area (Å²) in [6, 6.07) is 10.4. The lowest BCUT2D eigenvalue weighted by Gasteiger charge is -2.42. The summed E-state index contributed by atoms with van der Waals surface area (Å²) in [5.41, 5.74) is 1.52. The van der Waals surface area contributed by atoms with Gasteiger partial charge in [-0.1, -0.05) is 36.8 Å². The molecule has 2 N–H and O–H groups in total. The van der Waals surface area contributed by atoms with Crippen LogP contribution in [0.3, 0.4) is 0 Å². The highest BCUT2D eigenvalue weighted by Crippen LogP contribution is 2.43. The molecule has 2 aromatic rings. The zero-order valence-corrected chi connectivity index (χ0v) is 12.8. The molecular formula is C17H21N3O2. The van der Waals surface area contributed by atoms with Crippen molar-refractivity contribution in [3.8, 4) is 0 Å². The molecule has 1 aliphatic carbocycles. The SMILES string of the molecule is Cn1cc(C(=O)NCC2(Cc3ccccc3)CCC2)[nH]c1=O. The second kappa shape index (κ2) is 5.83. The third-order valence-electron chi connectivity index (χ3n) is 4.59. The third kappa shape index (κ3) is 2.98. The van der Waals surface area contributed by atoms with Gasteiger partial charge in [0.2, 0.25) is 0 Å². The minimum atomic E-state index is -0.271. The molecule has 0 saturated heterocycles. The topological polar surface area (TPSA) is 66.9 Å². The van der Waals surface area contributed by atoms with Gasteiger partial charge in [-0.15, -0.1) is 0 Å². The Balaban J connectivity index is 1.63. The van der Waals surface area contributed by atoms with Crippen LogP contribution in [0.4, 0.5) is 0 Å². The van der Waals surface area contributed by atoms with E-state index in [9.17, 15) is 9.59 Å². The highest BCUT2D eigenvalue weighted by atomic mass is 16.2. The van der Waals surface area contributed by atoms with E-state index >= 15 is 0 Å². The smallest absolute Gasteiger partial charge is 0.325 e. The van der Waals surface area contributed by atoms with Crippen LogP contribution in [0.5, 0.6) is 0 Å². The molecule has 3 rings (SSSR count). The van der Waals surface area contributed by atoms with Gasteiger partial charge in [0.25, 0.3) is 5.91 Å². The van der Waals surface area contributed by atoms with E-state index in [1.807, 2.05) is 6.07 Å². The second-order valence-corrected chi connectivity index (χ2v) is 6.28. The summed E-state index contributed by atoms with van der Waals surface area (Å²) in [6.45, 7) is 0.650. The summed E-state index contributed by atoms with van der Waals surface area (Å²) < 4.78 is 1.37. The van der Waals surface area contributed by atoms with E-state index in [1.54, 1.807) is 7.05 Å². The Kier molecular flexibility index (Phi) is 3.88. The van der Waals surface area contributed by atoms with Gasteiger partial charge >= 0.3 is 5.69 Å². The molecule has 0 radical (unpaired) electrons. The van der Waals surface area contributed by atoms with Gasteiger partial charge < -0.3 is 14.9 Å². The van der Waals surface area contributed by atoms with E-state index in [0.717, 1.165) is 19.3 Å². The van der Waals surface area contributed by atoms with Gasteiger partial charge in [0, 0.05) is 19.8 Å². The Hall–Kier alpha value is -2.30. The number of hydrogen-bond donors (Lipinski definition) is 2. The minimum absolute atomic E-state index is 0.159. The van der Waals surface area contributed by atoms with Crippen LogP contribution >= 0.6 is 0 Å². The van der Waals surface area contributed by atoms with E-state index < -0.39 is 0 Å². The minimum Gasteiger partial charge on any atom is -0.350 e. The van der Waals surface area contributed by atoms with Crippen molar-refractivity contribution in [3.05, 3.63) is 58.3 Å². The number of nitrogens with zero attached hydrogens (tertiary/aromatic N) is 1. The highest BCUT2D eigenvalue weighted by Gasteiger charge is 2.37. The number of nitrogens with one attached hydrogen (secondary N) is 2. The lowest BCUT2D eigenvalue weighted by atomic mass is 9.65. The summed E-state index contributed by atoms with van der Waals surface area (Å²) in [6.07, 6.45) is 5.99. The monoisotopic (exact) mass is 299 g/mol. The molecule has 1 aromatic heterocycles. The average molecular weight is 299 g/mol. The van der Waals surface area contributed by atoms with Crippen molar-refractivity contribution in [1.29, 1.82) is 0 Å². The van der Waals surface area contributed by atoms with Crippen molar-refractivity contribution in [3.63, 3.8) is 0 Å². The van der Waals surface area contributed by atoms with Crippen LogP contribution in [0.1, 0.15) is 35.3 Å². The number of benzene rings is 1. The Morgan fingerprint density at radius 1 is 1.32 bits per heavy atom. The van der Waals surface area contributed by atoms with E-state index in [0.29, 0.717) is 12.2 Å². The van der Waals surface area contributed by atoms with Crippen LogP contribution in [-0.2, 0) is 13.5 Å². The molecule has 22 heavy (non-hydrogen) atoms. The number of rotatable bonds is 5. The van der Waals surface area contributed by atoms with E-state index in [1.165, 1.54) is 22.7 Å². The number of imidazole rings is 1. The molecule has 1 fully saturated rings. The summed E-state index contributed by atoms with van der Waals surface area (Å²) >= 11 is 0. The number of aromatic nitrogens is 2. The molecule has 1 saturated carbocycles. The molecule has 0 atom stereocenters. The number of carbonyl (C=O) groups is 1. The van der Waals surface area contributed by atoms with Crippen LogP contribution in [0.15, 0.2) is 41.3 Å². The zero-order valence-electron chi connectivity index (χ0n) is 12.8. The number of aromatic amines is 1. The first kappa shape index (κ1) is 14.6. The zero-order chi connectivity index (χ0) is 15.6. The Bertz CT molecular complexity index is 711.